The first kappa shape index (κ1) is 26.8. The van der Waals surface area contributed by atoms with E-state index in [1.54, 1.807) is 18.2 Å². The van der Waals surface area contributed by atoms with E-state index in [0.717, 1.165) is 18.4 Å². The number of methoxy groups -OCH3 is 1. The number of aliphatic hydroxyl groups excluding tert-OH is 4. The lowest BCUT2D eigenvalue weighted by molar-refractivity contribution is -0.357. The van der Waals surface area contributed by atoms with Gasteiger partial charge in [0.2, 0.25) is 11.4 Å². The first-order chi connectivity index (χ1) is 17.1. The van der Waals surface area contributed by atoms with Crippen LogP contribution in [0.5, 0.6) is 5.75 Å². The minimum absolute atomic E-state index is 0.111. The minimum Gasteiger partial charge on any atom is -0.476 e. The normalized spacial score (nSPS) is 29.6. The highest BCUT2D eigenvalue weighted by Crippen LogP contribution is 2.38. The van der Waals surface area contributed by atoms with Crippen molar-refractivity contribution in [2.45, 2.75) is 67.9 Å². The van der Waals surface area contributed by atoms with E-state index in [0.29, 0.717) is 35.6 Å². The molecule has 2 aromatic carbocycles. The number of halogens is 1. The lowest BCUT2D eigenvalue weighted by Crippen LogP contribution is -2.63. The van der Waals surface area contributed by atoms with Crippen LogP contribution in [0.4, 0.5) is 0 Å². The third kappa shape index (κ3) is 4.97. The molecule has 9 nitrogen and oxygen atoms in total. The van der Waals surface area contributed by atoms with E-state index >= 15 is 0 Å². The van der Waals surface area contributed by atoms with Crippen LogP contribution in [0.3, 0.4) is 0 Å². The third-order valence-electron chi connectivity index (χ3n) is 7.03. The minimum atomic E-state index is -2.37. The molecule has 5 N–H and O–H groups in total. The predicted molar refractivity (Wildman–Crippen MR) is 128 cm³/mol. The fourth-order valence-electron chi connectivity index (χ4n) is 4.93. The van der Waals surface area contributed by atoms with Gasteiger partial charge < -0.3 is 39.7 Å². The molecule has 196 valence electrons. The second-order valence-electron chi connectivity index (χ2n) is 9.38. The monoisotopic (exact) mass is 522 g/mol. The maximum atomic E-state index is 12.3. The Hall–Kier alpha value is -2.24. The molecule has 36 heavy (non-hydrogen) atoms. The average Bonchev–Trinajstić information content (AvgIpc) is 3.36. The Morgan fingerprint density at radius 1 is 1.08 bits per heavy atom. The van der Waals surface area contributed by atoms with Gasteiger partial charge >= 0.3 is 5.97 Å². The zero-order valence-corrected chi connectivity index (χ0v) is 20.6. The number of esters is 1. The Kier molecular flexibility index (Phi) is 7.92. The largest absolute Gasteiger partial charge is 0.476 e. The number of carbonyl (C=O) groups is 1. The maximum Gasteiger partial charge on any atom is 0.350 e. The summed E-state index contributed by atoms with van der Waals surface area (Å²) in [6.07, 6.45) is -3.13. The maximum absolute atomic E-state index is 12.3. The van der Waals surface area contributed by atoms with Gasteiger partial charge in [-0.2, -0.15) is 0 Å². The van der Waals surface area contributed by atoms with E-state index in [-0.39, 0.29) is 11.5 Å². The van der Waals surface area contributed by atoms with E-state index in [1.165, 1.54) is 19.2 Å². The molecule has 4 rings (SSSR count). The molecule has 0 bridgehead atoms. The number of hydrogen-bond donors (Lipinski definition) is 5. The SMILES string of the molecule is COC(=O)C1(Oc2ccc(Cc3cc([C@@]4(O)O[C@H](CO)[C@@H](O)[C@H](O)[C@H]4O)ccc3Cl)cc2)CCCC1. The van der Waals surface area contributed by atoms with Crippen molar-refractivity contribution in [1.82, 2.24) is 0 Å². The molecule has 1 aliphatic carbocycles. The van der Waals surface area contributed by atoms with Gasteiger partial charge in [-0.15, -0.1) is 0 Å². The van der Waals surface area contributed by atoms with Crippen LogP contribution >= 0.6 is 11.6 Å². The highest BCUT2D eigenvalue weighted by molar-refractivity contribution is 6.31. The Morgan fingerprint density at radius 3 is 2.36 bits per heavy atom. The molecule has 0 aromatic heterocycles. The molecule has 10 heteroatoms. The molecule has 0 amide bonds. The van der Waals surface area contributed by atoms with Gasteiger partial charge in [-0.1, -0.05) is 29.8 Å². The van der Waals surface area contributed by atoms with Crippen LogP contribution in [0.1, 0.15) is 42.4 Å². The zero-order chi connectivity index (χ0) is 26.1. The molecular formula is C26H31ClO9. The van der Waals surface area contributed by atoms with Gasteiger partial charge in [-0.25, -0.2) is 4.79 Å². The Bertz CT molecular complexity index is 1070. The van der Waals surface area contributed by atoms with Crippen molar-refractivity contribution in [3.05, 3.63) is 64.2 Å². The first-order valence-electron chi connectivity index (χ1n) is 11.8. The van der Waals surface area contributed by atoms with Crippen molar-refractivity contribution in [3.63, 3.8) is 0 Å². The zero-order valence-electron chi connectivity index (χ0n) is 19.8. The van der Waals surface area contributed by atoms with Crippen LogP contribution in [0.25, 0.3) is 0 Å². The summed E-state index contributed by atoms with van der Waals surface area (Å²) in [5.41, 5.74) is 0.616. The first-order valence-corrected chi connectivity index (χ1v) is 12.2. The summed E-state index contributed by atoms with van der Waals surface area (Å²) in [4.78, 5) is 12.3. The average molecular weight is 523 g/mol. The predicted octanol–water partition coefficient (Wildman–Crippen LogP) is 1.41. The summed E-state index contributed by atoms with van der Waals surface area (Å²) in [6.45, 7) is -0.667. The van der Waals surface area contributed by atoms with E-state index in [4.69, 9.17) is 25.8 Å². The summed E-state index contributed by atoms with van der Waals surface area (Å²) >= 11 is 6.40. The van der Waals surface area contributed by atoms with Crippen molar-refractivity contribution in [3.8, 4) is 5.75 Å². The van der Waals surface area contributed by atoms with E-state index in [1.807, 2.05) is 12.1 Å². The van der Waals surface area contributed by atoms with Gasteiger partial charge in [0.05, 0.1) is 13.7 Å². The fraction of sp³-hybridized carbons (Fsp3) is 0.500. The van der Waals surface area contributed by atoms with E-state index in [9.17, 15) is 30.3 Å². The van der Waals surface area contributed by atoms with Gasteiger partial charge in [0, 0.05) is 10.6 Å². The molecule has 1 heterocycles. The number of carbonyl (C=O) groups excluding carboxylic acids is 1. The van der Waals surface area contributed by atoms with Crippen LogP contribution in [-0.2, 0) is 26.5 Å². The van der Waals surface area contributed by atoms with Crippen molar-refractivity contribution < 1.29 is 44.5 Å². The Morgan fingerprint density at radius 2 is 1.75 bits per heavy atom. The topological polar surface area (TPSA) is 146 Å². The summed E-state index contributed by atoms with van der Waals surface area (Å²) < 4.78 is 16.4. The molecular weight excluding hydrogens is 492 g/mol. The number of ether oxygens (including phenoxy) is 3. The Labute approximate surface area is 213 Å². The summed E-state index contributed by atoms with van der Waals surface area (Å²) in [7, 11) is 1.35. The molecule has 2 aromatic rings. The van der Waals surface area contributed by atoms with Crippen LogP contribution in [-0.4, -0.2) is 75.2 Å². The fourth-order valence-corrected chi connectivity index (χ4v) is 5.11. The standard InChI is InChI=1S/C26H31ClO9/c1-34-24(32)25(10-2-3-11-25)35-18-7-4-15(5-8-18)12-16-13-17(6-9-19(16)27)26(33)23(31)22(30)21(29)20(14-28)36-26/h4-9,13,20-23,28-31,33H,2-3,10-12,14H2,1H3/t20-,21-,22+,23-,26-/m1/s1. The molecule has 2 fully saturated rings. The highest BCUT2D eigenvalue weighted by Gasteiger charge is 2.53. The number of hydrogen-bond acceptors (Lipinski definition) is 9. The van der Waals surface area contributed by atoms with Crippen LogP contribution in [0.15, 0.2) is 42.5 Å². The van der Waals surface area contributed by atoms with Crippen LogP contribution < -0.4 is 4.74 Å². The smallest absolute Gasteiger partial charge is 0.350 e. The molecule has 0 unspecified atom stereocenters. The van der Waals surface area contributed by atoms with E-state index < -0.39 is 42.4 Å². The van der Waals surface area contributed by atoms with Crippen molar-refractivity contribution in [2.24, 2.45) is 0 Å². The number of rotatable bonds is 7. The van der Waals surface area contributed by atoms with Crippen molar-refractivity contribution >= 4 is 17.6 Å². The Balaban J connectivity index is 1.54. The van der Waals surface area contributed by atoms with Gasteiger partial charge in [0.1, 0.15) is 30.2 Å². The summed E-state index contributed by atoms with van der Waals surface area (Å²) in [5, 5.41) is 51.6. The lowest BCUT2D eigenvalue weighted by atomic mass is 9.87. The summed E-state index contributed by atoms with van der Waals surface area (Å²) in [5.74, 6) is -2.20. The van der Waals surface area contributed by atoms with Crippen LogP contribution in [0, 0.1) is 0 Å². The highest BCUT2D eigenvalue weighted by atomic mass is 35.5. The van der Waals surface area contributed by atoms with Gasteiger partial charge in [-0.3, -0.25) is 0 Å². The van der Waals surface area contributed by atoms with Crippen molar-refractivity contribution in [1.29, 1.82) is 0 Å². The molecule has 2 aliphatic rings. The molecule has 1 aliphatic heterocycles. The second-order valence-corrected chi connectivity index (χ2v) is 9.79. The number of benzene rings is 2. The van der Waals surface area contributed by atoms with Crippen molar-refractivity contribution in [2.75, 3.05) is 13.7 Å². The van der Waals surface area contributed by atoms with Crippen LogP contribution in [0.2, 0.25) is 5.02 Å². The molecule has 0 radical (unpaired) electrons. The molecule has 5 atom stereocenters. The van der Waals surface area contributed by atoms with Gasteiger partial charge in [0.25, 0.3) is 0 Å². The summed E-state index contributed by atoms with van der Waals surface area (Å²) in [6, 6.07) is 11.7. The quantitative estimate of drug-likeness (QED) is 0.341. The van der Waals surface area contributed by atoms with Gasteiger partial charge in [-0.05, 0) is 67.5 Å². The third-order valence-corrected chi connectivity index (χ3v) is 7.39. The molecule has 1 saturated carbocycles. The lowest BCUT2D eigenvalue weighted by Gasteiger charge is -2.45. The van der Waals surface area contributed by atoms with Gasteiger partial charge in [0.15, 0.2) is 0 Å². The second kappa shape index (κ2) is 10.6. The number of aliphatic hydroxyl groups is 5. The molecule has 1 saturated heterocycles. The van der Waals surface area contributed by atoms with E-state index in [2.05, 4.69) is 0 Å². The molecule has 0 spiro atoms.